The molecule has 1 heterocycles. The molecule has 1 N–H and O–H groups in total. The maximum atomic E-state index is 10.9. The van der Waals surface area contributed by atoms with Crippen LogP contribution >= 0.6 is 11.8 Å². The predicted octanol–water partition coefficient (Wildman–Crippen LogP) is 2.66. The number of benzene rings is 1. The quantitative estimate of drug-likeness (QED) is 0.789. The molecule has 0 fully saturated rings. The standard InChI is InChI=1S/C13H17N3O2S/c1-19-8-4-2-3-7-16-12-6-5-10(13(17)18)9-11(12)14-15-16/h5-6,9H,2-4,7-8H2,1H3,(H,17,18). The lowest BCUT2D eigenvalue weighted by Crippen LogP contribution is -2.01. The number of aryl methyl sites for hydroxylation is 1. The van der Waals surface area contributed by atoms with Crippen molar-refractivity contribution in [2.75, 3.05) is 12.0 Å². The van der Waals surface area contributed by atoms with Gasteiger partial charge in [-0.05, 0) is 43.0 Å². The van der Waals surface area contributed by atoms with E-state index in [4.69, 9.17) is 5.11 Å². The lowest BCUT2D eigenvalue weighted by Gasteiger charge is -2.02. The fourth-order valence-electron chi connectivity index (χ4n) is 1.96. The number of aromatic carboxylic acids is 1. The Morgan fingerprint density at radius 1 is 1.37 bits per heavy atom. The van der Waals surface area contributed by atoms with E-state index in [0.29, 0.717) is 5.52 Å². The van der Waals surface area contributed by atoms with Crippen molar-refractivity contribution in [2.45, 2.75) is 25.8 Å². The summed E-state index contributed by atoms with van der Waals surface area (Å²) in [6.07, 6.45) is 5.58. The summed E-state index contributed by atoms with van der Waals surface area (Å²) in [6.45, 7) is 0.831. The van der Waals surface area contributed by atoms with Gasteiger partial charge in [0.1, 0.15) is 5.52 Å². The van der Waals surface area contributed by atoms with Gasteiger partial charge in [0.25, 0.3) is 0 Å². The third kappa shape index (κ3) is 3.47. The molecule has 0 aliphatic carbocycles. The molecule has 0 saturated heterocycles. The number of carboxylic acids is 1. The average Bonchev–Trinajstić information content (AvgIpc) is 2.81. The molecule has 0 aliphatic heterocycles. The highest BCUT2D eigenvalue weighted by Gasteiger charge is 2.08. The number of carbonyl (C=O) groups is 1. The molecule has 0 amide bonds. The first-order chi connectivity index (χ1) is 9.22. The fourth-order valence-corrected chi connectivity index (χ4v) is 2.45. The van der Waals surface area contributed by atoms with E-state index >= 15 is 0 Å². The topological polar surface area (TPSA) is 68.0 Å². The first-order valence-electron chi connectivity index (χ1n) is 6.28. The van der Waals surface area contributed by atoms with Crippen molar-refractivity contribution in [1.82, 2.24) is 15.0 Å². The third-order valence-electron chi connectivity index (χ3n) is 2.98. The van der Waals surface area contributed by atoms with Crippen molar-refractivity contribution in [3.05, 3.63) is 23.8 Å². The summed E-state index contributed by atoms with van der Waals surface area (Å²) in [5.74, 6) is 0.258. The number of thioether (sulfide) groups is 1. The second-order valence-electron chi connectivity index (χ2n) is 4.37. The molecule has 0 aliphatic rings. The second-order valence-corrected chi connectivity index (χ2v) is 5.36. The van der Waals surface area contributed by atoms with Crippen LogP contribution in [0.15, 0.2) is 18.2 Å². The summed E-state index contributed by atoms with van der Waals surface area (Å²) in [7, 11) is 0. The van der Waals surface area contributed by atoms with E-state index in [1.807, 2.05) is 16.4 Å². The molecule has 2 aromatic rings. The van der Waals surface area contributed by atoms with Gasteiger partial charge in [0.15, 0.2) is 0 Å². The zero-order chi connectivity index (χ0) is 13.7. The first kappa shape index (κ1) is 13.9. The number of hydrogen-bond acceptors (Lipinski definition) is 4. The summed E-state index contributed by atoms with van der Waals surface area (Å²) in [6, 6.07) is 4.94. The van der Waals surface area contributed by atoms with Gasteiger partial charge in [-0.25, -0.2) is 9.48 Å². The van der Waals surface area contributed by atoms with Crippen LogP contribution in [0.25, 0.3) is 11.0 Å². The van der Waals surface area contributed by atoms with Crippen LogP contribution in [-0.4, -0.2) is 38.1 Å². The van der Waals surface area contributed by atoms with Crippen molar-refractivity contribution in [2.24, 2.45) is 0 Å². The monoisotopic (exact) mass is 279 g/mol. The number of carboxylic acid groups (broad SMARTS) is 1. The Bertz CT molecular complexity index is 568. The molecule has 0 radical (unpaired) electrons. The molecule has 2 rings (SSSR count). The molecule has 0 saturated carbocycles. The maximum Gasteiger partial charge on any atom is 0.335 e. The number of hydrogen-bond donors (Lipinski definition) is 1. The lowest BCUT2D eigenvalue weighted by atomic mass is 10.2. The van der Waals surface area contributed by atoms with Gasteiger partial charge >= 0.3 is 5.97 Å². The molecule has 1 aromatic carbocycles. The Morgan fingerprint density at radius 3 is 2.95 bits per heavy atom. The van der Waals surface area contributed by atoms with Crippen molar-refractivity contribution < 1.29 is 9.90 Å². The van der Waals surface area contributed by atoms with E-state index in [-0.39, 0.29) is 5.56 Å². The summed E-state index contributed by atoms with van der Waals surface area (Å²) in [5, 5.41) is 17.0. The number of rotatable bonds is 7. The molecule has 0 atom stereocenters. The second kappa shape index (κ2) is 6.56. The lowest BCUT2D eigenvalue weighted by molar-refractivity contribution is 0.0697. The molecule has 102 valence electrons. The highest BCUT2D eigenvalue weighted by Crippen LogP contribution is 2.14. The zero-order valence-electron chi connectivity index (χ0n) is 10.9. The van der Waals surface area contributed by atoms with Crippen LogP contribution in [0, 0.1) is 0 Å². The number of unbranched alkanes of at least 4 members (excludes halogenated alkanes) is 2. The summed E-state index contributed by atoms with van der Waals surface area (Å²) < 4.78 is 1.85. The number of aromatic nitrogens is 3. The van der Waals surface area contributed by atoms with Crippen LogP contribution < -0.4 is 0 Å². The minimum Gasteiger partial charge on any atom is -0.478 e. The Morgan fingerprint density at radius 2 is 2.21 bits per heavy atom. The third-order valence-corrected chi connectivity index (χ3v) is 3.68. The fraction of sp³-hybridized carbons (Fsp3) is 0.462. The van der Waals surface area contributed by atoms with Gasteiger partial charge in [-0.2, -0.15) is 11.8 Å². The van der Waals surface area contributed by atoms with E-state index in [0.717, 1.165) is 18.5 Å². The number of nitrogens with zero attached hydrogens (tertiary/aromatic N) is 3. The molecular weight excluding hydrogens is 262 g/mol. The molecular formula is C13H17N3O2S. The molecule has 5 nitrogen and oxygen atoms in total. The molecule has 0 spiro atoms. The van der Waals surface area contributed by atoms with Crippen molar-refractivity contribution in [3.8, 4) is 0 Å². The van der Waals surface area contributed by atoms with Crippen LogP contribution in [0.2, 0.25) is 0 Å². The Labute approximate surface area is 116 Å². The predicted molar refractivity (Wildman–Crippen MR) is 76.7 cm³/mol. The summed E-state index contributed by atoms with van der Waals surface area (Å²) in [4.78, 5) is 10.9. The Kier molecular flexibility index (Phi) is 4.79. The van der Waals surface area contributed by atoms with E-state index < -0.39 is 5.97 Å². The number of fused-ring (bicyclic) bond motifs is 1. The van der Waals surface area contributed by atoms with E-state index in [9.17, 15) is 4.79 Å². The Hall–Kier alpha value is -1.56. The van der Waals surface area contributed by atoms with E-state index in [2.05, 4.69) is 16.6 Å². The zero-order valence-corrected chi connectivity index (χ0v) is 11.7. The first-order valence-corrected chi connectivity index (χ1v) is 7.67. The van der Waals surface area contributed by atoms with Crippen LogP contribution in [0.4, 0.5) is 0 Å². The molecule has 19 heavy (non-hydrogen) atoms. The van der Waals surface area contributed by atoms with Crippen LogP contribution in [0.3, 0.4) is 0 Å². The molecule has 0 unspecified atom stereocenters. The highest BCUT2D eigenvalue weighted by molar-refractivity contribution is 7.98. The SMILES string of the molecule is CSCCCCCn1nnc2cc(C(=O)O)ccc21. The van der Waals surface area contributed by atoms with Gasteiger partial charge in [-0.15, -0.1) is 5.10 Å². The van der Waals surface area contributed by atoms with Gasteiger partial charge in [0, 0.05) is 6.54 Å². The van der Waals surface area contributed by atoms with Crippen LogP contribution in [-0.2, 0) is 6.54 Å². The normalized spacial score (nSPS) is 11.0. The van der Waals surface area contributed by atoms with Crippen molar-refractivity contribution in [3.63, 3.8) is 0 Å². The largest absolute Gasteiger partial charge is 0.478 e. The smallest absolute Gasteiger partial charge is 0.335 e. The molecule has 1 aromatic heterocycles. The van der Waals surface area contributed by atoms with Gasteiger partial charge in [0.2, 0.25) is 0 Å². The van der Waals surface area contributed by atoms with Gasteiger partial charge < -0.3 is 5.11 Å². The minimum absolute atomic E-state index is 0.250. The van der Waals surface area contributed by atoms with E-state index in [1.165, 1.54) is 18.6 Å². The van der Waals surface area contributed by atoms with Gasteiger partial charge in [-0.3, -0.25) is 0 Å². The Balaban J connectivity index is 2.02. The highest BCUT2D eigenvalue weighted by atomic mass is 32.2. The van der Waals surface area contributed by atoms with Crippen LogP contribution in [0.5, 0.6) is 0 Å². The van der Waals surface area contributed by atoms with Gasteiger partial charge in [0.05, 0.1) is 11.1 Å². The maximum absolute atomic E-state index is 10.9. The molecule has 0 bridgehead atoms. The summed E-state index contributed by atoms with van der Waals surface area (Å²) in [5.41, 5.74) is 1.79. The summed E-state index contributed by atoms with van der Waals surface area (Å²) >= 11 is 1.87. The average molecular weight is 279 g/mol. The van der Waals surface area contributed by atoms with E-state index in [1.54, 1.807) is 18.2 Å². The van der Waals surface area contributed by atoms with Crippen LogP contribution in [0.1, 0.15) is 29.6 Å². The van der Waals surface area contributed by atoms with Crippen molar-refractivity contribution >= 4 is 28.8 Å². The molecule has 6 heteroatoms. The van der Waals surface area contributed by atoms with Gasteiger partial charge in [-0.1, -0.05) is 11.6 Å². The van der Waals surface area contributed by atoms with Crippen molar-refractivity contribution in [1.29, 1.82) is 0 Å². The minimum atomic E-state index is -0.937.